The van der Waals surface area contributed by atoms with Gasteiger partial charge in [0, 0.05) is 22.6 Å². The van der Waals surface area contributed by atoms with Crippen LogP contribution in [-0.4, -0.2) is 10.9 Å². The van der Waals surface area contributed by atoms with Crippen LogP contribution in [0.15, 0.2) is 89.3 Å². The highest BCUT2D eigenvalue weighted by Gasteiger charge is 2.37. The van der Waals surface area contributed by atoms with Crippen LogP contribution in [0.5, 0.6) is 0 Å². The highest BCUT2D eigenvalue weighted by Crippen LogP contribution is 2.48. The van der Waals surface area contributed by atoms with Crippen molar-refractivity contribution in [3.8, 4) is 22.6 Å². The van der Waals surface area contributed by atoms with Crippen LogP contribution in [0.2, 0.25) is 0 Å². The molecule has 3 atom stereocenters. The maximum atomic E-state index is 11.7. The largest absolute Gasteiger partial charge is 0.440 e. The van der Waals surface area contributed by atoms with Gasteiger partial charge in [-0.15, -0.1) is 0 Å². The summed E-state index contributed by atoms with van der Waals surface area (Å²) < 4.78 is 6.53. The minimum atomic E-state index is -0.389. The van der Waals surface area contributed by atoms with Crippen LogP contribution in [0.1, 0.15) is 59.8 Å². The van der Waals surface area contributed by atoms with Gasteiger partial charge in [-0.25, -0.2) is 4.98 Å². The van der Waals surface area contributed by atoms with Crippen molar-refractivity contribution in [2.45, 2.75) is 38.0 Å². The van der Waals surface area contributed by atoms with Crippen LogP contribution < -0.4 is 5.73 Å². The molecule has 1 amide bonds. The molecule has 3 aromatic carbocycles. The highest BCUT2D eigenvalue weighted by atomic mass is 16.4. The summed E-state index contributed by atoms with van der Waals surface area (Å²) in [6.07, 6.45) is 3.29. The molecular weight excluding hydrogens is 408 g/mol. The number of primary amides is 1. The van der Waals surface area contributed by atoms with E-state index in [1.807, 2.05) is 48.5 Å². The molecule has 1 heterocycles. The Hall–Kier alpha value is -3.66. The second-order valence-corrected chi connectivity index (χ2v) is 8.94. The smallest absolute Gasteiger partial charge is 0.248 e. The molecule has 1 aliphatic rings. The average molecular weight is 437 g/mol. The van der Waals surface area contributed by atoms with Gasteiger partial charge in [-0.3, -0.25) is 4.79 Å². The molecule has 166 valence electrons. The van der Waals surface area contributed by atoms with E-state index in [4.69, 9.17) is 15.1 Å². The first-order valence-electron chi connectivity index (χ1n) is 11.6. The van der Waals surface area contributed by atoms with E-state index in [1.54, 1.807) is 6.07 Å². The van der Waals surface area contributed by atoms with E-state index in [2.05, 4.69) is 37.3 Å². The third-order valence-corrected chi connectivity index (χ3v) is 6.95. The van der Waals surface area contributed by atoms with Crippen LogP contribution in [-0.2, 0) is 0 Å². The molecule has 0 spiro atoms. The lowest BCUT2D eigenvalue weighted by atomic mass is 9.80. The lowest BCUT2D eigenvalue weighted by Crippen LogP contribution is -2.16. The van der Waals surface area contributed by atoms with Crippen LogP contribution in [0, 0.1) is 5.92 Å². The van der Waals surface area contributed by atoms with Gasteiger partial charge in [0.2, 0.25) is 5.91 Å². The van der Waals surface area contributed by atoms with E-state index in [0.717, 1.165) is 53.3 Å². The van der Waals surface area contributed by atoms with Gasteiger partial charge in [-0.05, 0) is 42.4 Å². The molecule has 4 aromatic rings. The molecule has 4 nitrogen and oxygen atoms in total. The fourth-order valence-corrected chi connectivity index (χ4v) is 5.19. The summed E-state index contributed by atoms with van der Waals surface area (Å²) in [5.41, 5.74) is 10.2. The summed E-state index contributed by atoms with van der Waals surface area (Å²) in [7, 11) is 0. The number of hydrogen-bond acceptors (Lipinski definition) is 3. The maximum absolute atomic E-state index is 11.7. The Balaban J connectivity index is 1.53. The lowest BCUT2D eigenvalue weighted by molar-refractivity contribution is 0.1000. The molecule has 0 radical (unpaired) electrons. The molecule has 0 bridgehead atoms. The zero-order chi connectivity index (χ0) is 22.8. The number of carbonyl (C=O) groups is 1. The third kappa shape index (κ3) is 4.21. The normalized spacial score (nSPS) is 18.8. The summed E-state index contributed by atoms with van der Waals surface area (Å²) >= 11 is 0. The Labute approximate surface area is 194 Å². The number of rotatable bonds is 6. The SMILES string of the molecule is CC(c1cccc(C(N)=O)c1)C1CCCC1c1nc(-c2ccccc2)c(-c2ccccc2)o1. The van der Waals surface area contributed by atoms with Gasteiger partial charge in [0.15, 0.2) is 11.7 Å². The first-order valence-corrected chi connectivity index (χ1v) is 11.6. The number of benzene rings is 3. The van der Waals surface area contributed by atoms with Crippen molar-refractivity contribution in [1.82, 2.24) is 4.98 Å². The van der Waals surface area contributed by atoms with Crippen molar-refractivity contribution >= 4 is 5.91 Å². The first kappa shape index (κ1) is 21.2. The van der Waals surface area contributed by atoms with E-state index < -0.39 is 0 Å². The van der Waals surface area contributed by atoms with Crippen LogP contribution in [0.25, 0.3) is 22.6 Å². The van der Waals surface area contributed by atoms with Crippen LogP contribution >= 0.6 is 0 Å². The Bertz CT molecular complexity index is 1190. The molecule has 0 saturated heterocycles. The molecule has 4 heteroatoms. The van der Waals surface area contributed by atoms with Gasteiger partial charge in [-0.2, -0.15) is 0 Å². The van der Waals surface area contributed by atoms with E-state index in [0.29, 0.717) is 11.5 Å². The van der Waals surface area contributed by atoms with Crippen molar-refractivity contribution in [1.29, 1.82) is 0 Å². The second kappa shape index (κ2) is 9.07. The van der Waals surface area contributed by atoms with Crippen molar-refractivity contribution in [3.63, 3.8) is 0 Å². The Morgan fingerprint density at radius 1 is 0.939 bits per heavy atom. The summed E-state index contributed by atoms with van der Waals surface area (Å²) in [5, 5.41) is 0. The van der Waals surface area contributed by atoms with Gasteiger partial charge in [0.1, 0.15) is 5.69 Å². The Kier molecular flexibility index (Phi) is 5.82. The summed E-state index contributed by atoms with van der Waals surface area (Å²) in [5.74, 6) is 2.14. The van der Waals surface area contributed by atoms with Crippen molar-refractivity contribution in [3.05, 3.63) is 102 Å². The Morgan fingerprint density at radius 3 is 2.33 bits per heavy atom. The molecule has 3 unspecified atom stereocenters. The number of amides is 1. The second-order valence-electron chi connectivity index (χ2n) is 8.94. The lowest BCUT2D eigenvalue weighted by Gasteiger charge is -2.24. The molecule has 0 aliphatic heterocycles. The van der Waals surface area contributed by atoms with E-state index in [-0.39, 0.29) is 17.7 Å². The number of nitrogens with two attached hydrogens (primary N) is 1. The fraction of sp³-hybridized carbons (Fsp3) is 0.241. The molecule has 1 fully saturated rings. The monoisotopic (exact) mass is 436 g/mol. The quantitative estimate of drug-likeness (QED) is 0.361. The molecule has 33 heavy (non-hydrogen) atoms. The minimum absolute atomic E-state index is 0.233. The third-order valence-electron chi connectivity index (χ3n) is 6.95. The molecule has 2 N–H and O–H groups in total. The summed E-state index contributed by atoms with van der Waals surface area (Å²) in [6.45, 7) is 2.24. The molecule has 1 aliphatic carbocycles. The van der Waals surface area contributed by atoms with Crippen molar-refractivity contribution in [2.75, 3.05) is 0 Å². The average Bonchev–Trinajstić information content (AvgIpc) is 3.52. The molecular formula is C29H28N2O2. The highest BCUT2D eigenvalue weighted by molar-refractivity contribution is 5.92. The predicted molar refractivity (Wildman–Crippen MR) is 131 cm³/mol. The van der Waals surface area contributed by atoms with Crippen molar-refractivity contribution in [2.24, 2.45) is 11.7 Å². The predicted octanol–water partition coefficient (Wildman–Crippen LogP) is 6.79. The standard InChI is InChI=1S/C29H28N2O2/c1-19(22-14-8-15-23(18-22)28(30)32)24-16-9-17-25(24)29-31-26(20-10-4-2-5-11-20)27(33-29)21-12-6-3-7-13-21/h2-8,10-15,18-19,24-25H,9,16-17H2,1H3,(H2,30,32). The topological polar surface area (TPSA) is 69.1 Å². The van der Waals surface area contributed by atoms with Gasteiger partial charge >= 0.3 is 0 Å². The maximum Gasteiger partial charge on any atom is 0.248 e. The zero-order valence-corrected chi connectivity index (χ0v) is 18.8. The minimum Gasteiger partial charge on any atom is -0.440 e. The number of carbonyl (C=O) groups excluding carboxylic acids is 1. The van der Waals surface area contributed by atoms with Crippen LogP contribution in [0.3, 0.4) is 0 Å². The van der Waals surface area contributed by atoms with Crippen LogP contribution in [0.4, 0.5) is 0 Å². The molecule has 1 saturated carbocycles. The number of aromatic nitrogens is 1. The van der Waals surface area contributed by atoms with Gasteiger partial charge in [0.25, 0.3) is 0 Å². The first-order chi connectivity index (χ1) is 16.1. The van der Waals surface area contributed by atoms with E-state index in [9.17, 15) is 4.79 Å². The summed E-state index contributed by atoms with van der Waals surface area (Å²) in [6, 6.07) is 28.2. The van der Waals surface area contributed by atoms with Gasteiger partial charge < -0.3 is 10.2 Å². The van der Waals surface area contributed by atoms with E-state index >= 15 is 0 Å². The number of oxazole rings is 1. The Morgan fingerprint density at radius 2 is 1.64 bits per heavy atom. The number of hydrogen-bond donors (Lipinski definition) is 1. The van der Waals surface area contributed by atoms with Gasteiger partial charge in [-0.1, -0.05) is 86.1 Å². The number of nitrogens with zero attached hydrogens (tertiary/aromatic N) is 1. The van der Waals surface area contributed by atoms with E-state index in [1.165, 1.54) is 0 Å². The van der Waals surface area contributed by atoms with Crippen molar-refractivity contribution < 1.29 is 9.21 Å². The zero-order valence-electron chi connectivity index (χ0n) is 18.8. The van der Waals surface area contributed by atoms with Gasteiger partial charge in [0.05, 0.1) is 0 Å². The molecule has 5 rings (SSSR count). The molecule has 1 aromatic heterocycles. The fourth-order valence-electron chi connectivity index (χ4n) is 5.19. The summed E-state index contributed by atoms with van der Waals surface area (Å²) in [4.78, 5) is 16.8.